The van der Waals surface area contributed by atoms with Crippen LogP contribution in [0.3, 0.4) is 0 Å². The first-order valence-electron chi connectivity index (χ1n) is 9.60. The molecule has 0 fully saturated rings. The van der Waals surface area contributed by atoms with Gasteiger partial charge in [-0.05, 0) is 49.6 Å². The number of aliphatic imine (C=N–C) groups is 1. The SMILES string of the molecule is CCNC(=NCC(O)c1ccc(F)cc1)NCCc1c(C)[nH]c2ccccc12.I. The Morgan fingerprint density at radius 2 is 1.86 bits per heavy atom. The maximum absolute atomic E-state index is 13.0. The molecule has 5 nitrogen and oxygen atoms in total. The number of aliphatic hydroxyl groups excluding tert-OH is 1. The quantitative estimate of drug-likeness (QED) is 0.220. The Labute approximate surface area is 187 Å². The second-order valence-corrected chi connectivity index (χ2v) is 6.74. The lowest BCUT2D eigenvalue weighted by molar-refractivity contribution is 0.187. The van der Waals surface area contributed by atoms with Gasteiger partial charge in [0.15, 0.2) is 5.96 Å². The largest absolute Gasteiger partial charge is 0.386 e. The van der Waals surface area contributed by atoms with Crippen molar-refractivity contribution >= 4 is 40.8 Å². The summed E-state index contributed by atoms with van der Waals surface area (Å²) < 4.78 is 13.0. The molecule has 0 saturated carbocycles. The van der Waals surface area contributed by atoms with E-state index in [0.717, 1.165) is 25.0 Å². The number of hydrogen-bond donors (Lipinski definition) is 4. The fourth-order valence-corrected chi connectivity index (χ4v) is 3.27. The zero-order chi connectivity index (χ0) is 19.9. The van der Waals surface area contributed by atoms with Crippen LogP contribution in [-0.2, 0) is 6.42 Å². The molecule has 3 aromatic rings. The highest BCUT2D eigenvalue weighted by atomic mass is 127. The molecular formula is C22H28FIN4O. The monoisotopic (exact) mass is 510 g/mol. The number of aryl methyl sites for hydroxylation is 1. The first-order chi connectivity index (χ1) is 13.6. The van der Waals surface area contributed by atoms with E-state index < -0.39 is 6.10 Å². The number of hydrogen-bond acceptors (Lipinski definition) is 2. The number of guanidine groups is 1. The van der Waals surface area contributed by atoms with Gasteiger partial charge in [0.1, 0.15) is 5.82 Å². The van der Waals surface area contributed by atoms with E-state index in [0.29, 0.717) is 11.5 Å². The number of benzene rings is 2. The lowest BCUT2D eigenvalue weighted by atomic mass is 10.1. The summed E-state index contributed by atoms with van der Waals surface area (Å²) in [7, 11) is 0. The molecule has 0 aliphatic rings. The van der Waals surface area contributed by atoms with E-state index in [1.165, 1.54) is 28.8 Å². The average molecular weight is 510 g/mol. The van der Waals surface area contributed by atoms with Crippen LogP contribution in [0.15, 0.2) is 53.5 Å². The molecule has 29 heavy (non-hydrogen) atoms. The Kier molecular flexibility index (Phi) is 8.91. The van der Waals surface area contributed by atoms with Crippen molar-refractivity contribution in [2.45, 2.75) is 26.4 Å². The summed E-state index contributed by atoms with van der Waals surface area (Å²) in [4.78, 5) is 7.88. The lowest BCUT2D eigenvalue weighted by Gasteiger charge is -2.13. The van der Waals surface area contributed by atoms with Crippen molar-refractivity contribution in [2.24, 2.45) is 4.99 Å². The van der Waals surface area contributed by atoms with Crippen LogP contribution in [0.5, 0.6) is 0 Å². The highest BCUT2D eigenvalue weighted by molar-refractivity contribution is 14.0. The van der Waals surface area contributed by atoms with Crippen molar-refractivity contribution in [1.82, 2.24) is 15.6 Å². The minimum Gasteiger partial charge on any atom is -0.386 e. The molecule has 7 heteroatoms. The van der Waals surface area contributed by atoms with Gasteiger partial charge in [0, 0.05) is 29.7 Å². The van der Waals surface area contributed by atoms with E-state index in [2.05, 4.69) is 45.7 Å². The smallest absolute Gasteiger partial charge is 0.191 e. The summed E-state index contributed by atoms with van der Waals surface area (Å²) in [5.74, 6) is 0.336. The summed E-state index contributed by atoms with van der Waals surface area (Å²) in [6.45, 7) is 5.74. The number of halogens is 2. The number of nitrogens with one attached hydrogen (secondary N) is 3. The van der Waals surface area contributed by atoms with Gasteiger partial charge in [0.2, 0.25) is 0 Å². The molecule has 4 N–H and O–H groups in total. The van der Waals surface area contributed by atoms with Crippen LogP contribution in [0, 0.1) is 12.7 Å². The van der Waals surface area contributed by atoms with Crippen LogP contribution in [0.25, 0.3) is 10.9 Å². The molecule has 1 aromatic heterocycles. The summed E-state index contributed by atoms with van der Waals surface area (Å²) in [5, 5.41) is 18.0. The standard InChI is InChI=1S/C22H27FN4O.HI/c1-3-24-22(26-14-21(28)16-8-10-17(23)11-9-16)25-13-12-18-15(2)27-20-7-5-4-6-19(18)20;/h4-11,21,27-28H,3,12-14H2,1-2H3,(H2,24,25,26);1H. The Balaban J connectivity index is 0.00000300. The highest BCUT2D eigenvalue weighted by Gasteiger charge is 2.09. The summed E-state index contributed by atoms with van der Waals surface area (Å²) >= 11 is 0. The fourth-order valence-electron chi connectivity index (χ4n) is 3.27. The normalized spacial score (nSPS) is 12.5. The van der Waals surface area contributed by atoms with Gasteiger partial charge in [0.25, 0.3) is 0 Å². The number of fused-ring (bicyclic) bond motifs is 1. The van der Waals surface area contributed by atoms with Gasteiger partial charge in [-0.1, -0.05) is 30.3 Å². The fraction of sp³-hybridized carbons (Fsp3) is 0.318. The molecule has 3 rings (SSSR count). The number of nitrogens with zero attached hydrogens (tertiary/aromatic N) is 1. The zero-order valence-electron chi connectivity index (χ0n) is 16.7. The molecule has 0 bridgehead atoms. The molecule has 1 atom stereocenters. The second-order valence-electron chi connectivity index (χ2n) is 6.74. The summed E-state index contributed by atoms with van der Waals surface area (Å²) in [6, 6.07) is 14.1. The number of aliphatic hydroxyl groups is 1. The van der Waals surface area contributed by atoms with Crippen LogP contribution < -0.4 is 10.6 Å². The van der Waals surface area contributed by atoms with E-state index in [-0.39, 0.29) is 36.3 Å². The zero-order valence-corrected chi connectivity index (χ0v) is 19.0. The number of H-pyrrole nitrogens is 1. The number of para-hydroxylation sites is 1. The van der Waals surface area contributed by atoms with Gasteiger partial charge < -0.3 is 20.7 Å². The first kappa shape index (κ1) is 23.2. The van der Waals surface area contributed by atoms with Crippen LogP contribution in [0.2, 0.25) is 0 Å². The predicted molar refractivity (Wildman–Crippen MR) is 127 cm³/mol. The Morgan fingerprint density at radius 3 is 2.59 bits per heavy atom. The van der Waals surface area contributed by atoms with E-state index >= 15 is 0 Å². The van der Waals surface area contributed by atoms with Crippen LogP contribution in [-0.4, -0.2) is 35.7 Å². The molecule has 1 unspecified atom stereocenters. The third-order valence-electron chi connectivity index (χ3n) is 4.72. The van der Waals surface area contributed by atoms with E-state index in [9.17, 15) is 9.50 Å². The average Bonchev–Trinajstić information content (AvgIpc) is 3.01. The van der Waals surface area contributed by atoms with E-state index in [1.54, 1.807) is 12.1 Å². The third-order valence-corrected chi connectivity index (χ3v) is 4.72. The Morgan fingerprint density at radius 1 is 1.14 bits per heavy atom. The van der Waals surface area contributed by atoms with Crippen molar-refractivity contribution in [3.63, 3.8) is 0 Å². The van der Waals surface area contributed by atoms with Crippen molar-refractivity contribution < 1.29 is 9.50 Å². The topological polar surface area (TPSA) is 72.4 Å². The first-order valence-corrected chi connectivity index (χ1v) is 9.60. The number of rotatable bonds is 7. The molecule has 0 aliphatic heterocycles. The van der Waals surface area contributed by atoms with Crippen LogP contribution in [0.1, 0.15) is 29.8 Å². The number of aromatic amines is 1. The van der Waals surface area contributed by atoms with Crippen molar-refractivity contribution in [1.29, 1.82) is 0 Å². The van der Waals surface area contributed by atoms with Gasteiger partial charge in [-0.25, -0.2) is 4.39 Å². The van der Waals surface area contributed by atoms with E-state index in [1.807, 2.05) is 13.0 Å². The third kappa shape index (κ3) is 6.17. The minimum atomic E-state index is -0.771. The van der Waals surface area contributed by atoms with Crippen molar-refractivity contribution in [2.75, 3.05) is 19.6 Å². The summed E-state index contributed by atoms with van der Waals surface area (Å²) in [5.41, 5.74) is 4.27. The van der Waals surface area contributed by atoms with Crippen LogP contribution >= 0.6 is 24.0 Å². The summed E-state index contributed by atoms with van der Waals surface area (Å²) in [6.07, 6.45) is 0.0905. The Hall–Kier alpha value is -2.13. The van der Waals surface area contributed by atoms with Crippen molar-refractivity contribution in [3.05, 3.63) is 71.2 Å². The predicted octanol–water partition coefficient (Wildman–Crippen LogP) is 4.06. The van der Waals surface area contributed by atoms with Gasteiger partial charge in [-0.2, -0.15) is 0 Å². The highest BCUT2D eigenvalue weighted by Crippen LogP contribution is 2.21. The second kappa shape index (κ2) is 11.2. The molecule has 156 valence electrons. The van der Waals surface area contributed by atoms with Crippen LogP contribution in [0.4, 0.5) is 4.39 Å². The molecular weight excluding hydrogens is 482 g/mol. The molecule has 0 saturated heterocycles. The molecule has 0 amide bonds. The lowest BCUT2D eigenvalue weighted by Crippen LogP contribution is -2.38. The van der Waals surface area contributed by atoms with Gasteiger partial charge in [0.05, 0.1) is 12.6 Å². The van der Waals surface area contributed by atoms with Gasteiger partial charge in [-0.3, -0.25) is 4.99 Å². The van der Waals surface area contributed by atoms with E-state index in [4.69, 9.17) is 0 Å². The molecule has 0 aliphatic carbocycles. The molecule has 1 heterocycles. The van der Waals surface area contributed by atoms with Gasteiger partial charge >= 0.3 is 0 Å². The molecule has 2 aromatic carbocycles. The molecule has 0 spiro atoms. The molecule has 0 radical (unpaired) electrons. The minimum absolute atomic E-state index is 0. The van der Waals surface area contributed by atoms with Gasteiger partial charge in [-0.15, -0.1) is 24.0 Å². The maximum Gasteiger partial charge on any atom is 0.191 e. The van der Waals surface area contributed by atoms with Crippen molar-refractivity contribution in [3.8, 4) is 0 Å². The number of aromatic nitrogens is 1. The maximum atomic E-state index is 13.0. The Bertz CT molecular complexity index is 940.